The van der Waals surface area contributed by atoms with Crippen molar-refractivity contribution in [3.63, 3.8) is 0 Å². The molecule has 0 radical (unpaired) electrons. The monoisotopic (exact) mass is 1410 g/mol. The largest absolute Gasteiger partial charge is 0.501 e. The molecule has 2 saturated heterocycles. The van der Waals surface area contributed by atoms with Crippen LogP contribution in [-0.2, 0) is 48.5 Å². The van der Waals surface area contributed by atoms with E-state index in [9.17, 15) is 78.0 Å². The number of aliphatic carboxylic acids is 2. The van der Waals surface area contributed by atoms with E-state index in [1.807, 2.05) is 13.8 Å². The third-order valence-corrected chi connectivity index (χ3v) is 17.2. The number of nitrogens with zero attached hydrogens (tertiary/aromatic N) is 3. The minimum absolute atomic E-state index is 0.0233. The number of nitrogens with two attached hydrogens (primary N) is 2. The van der Waals surface area contributed by atoms with E-state index in [2.05, 4.69) is 10.3 Å². The number of hydrogen-bond acceptors (Lipinski definition) is 27. The number of rotatable bonds is 30. The number of aromatic nitrogens is 1. The van der Waals surface area contributed by atoms with Crippen molar-refractivity contribution >= 4 is 84.9 Å². The molecule has 532 valence electrons. The summed E-state index contributed by atoms with van der Waals surface area (Å²) in [5, 5.41) is 87.8. The van der Waals surface area contributed by atoms with Crippen LogP contribution in [-0.4, -0.2) is 233 Å². The second kappa shape index (κ2) is 30.2. The lowest BCUT2D eigenvalue weighted by Gasteiger charge is -2.38. The summed E-state index contributed by atoms with van der Waals surface area (Å²) < 4.78 is 85.7. The van der Waals surface area contributed by atoms with Gasteiger partial charge >= 0.3 is 22.3 Å². The van der Waals surface area contributed by atoms with Crippen LogP contribution in [0, 0.1) is 10.8 Å². The van der Waals surface area contributed by atoms with Crippen molar-refractivity contribution in [1.82, 2.24) is 20.2 Å². The first-order valence-electron chi connectivity index (χ1n) is 30.5. The quantitative estimate of drug-likeness (QED) is 0.00988. The number of aromatic amines is 1. The molecular formula is C63H76ClN7O26S. The maximum Gasteiger partial charge on any atom is 0.501 e. The van der Waals surface area contributed by atoms with E-state index in [4.69, 9.17) is 69.4 Å². The van der Waals surface area contributed by atoms with Crippen molar-refractivity contribution in [3.8, 4) is 34.5 Å². The van der Waals surface area contributed by atoms with Crippen molar-refractivity contribution in [3.05, 3.63) is 102 Å². The molecule has 2 fully saturated rings. The molecule has 1 unspecified atom stereocenters. The molecule has 35 heteroatoms. The number of hydrazine groups is 1. The highest BCUT2D eigenvalue weighted by Gasteiger charge is 2.50. The zero-order chi connectivity index (χ0) is 71.5. The predicted octanol–water partition coefficient (Wildman–Crippen LogP) is 0.672. The van der Waals surface area contributed by atoms with Gasteiger partial charge in [0.2, 0.25) is 12.6 Å². The first-order chi connectivity index (χ1) is 46.2. The van der Waals surface area contributed by atoms with Gasteiger partial charge in [-0.15, -0.1) is 20.0 Å². The fourth-order valence-corrected chi connectivity index (χ4v) is 12.2. The Morgan fingerprint density at radius 3 is 2.00 bits per heavy atom. The van der Waals surface area contributed by atoms with Gasteiger partial charge in [-0.1, -0.05) is 27.7 Å². The second-order valence-corrected chi connectivity index (χ2v) is 26.5. The van der Waals surface area contributed by atoms with E-state index in [-0.39, 0.29) is 110 Å². The molecule has 0 spiro atoms. The molecule has 4 aliphatic heterocycles. The Morgan fingerprint density at radius 1 is 0.765 bits per heavy atom. The number of benzene rings is 4. The number of carbonyl (C=O) groups is 6. The molecule has 4 aromatic carbocycles. The predicted molar refractivity (Wildman–Crippen MR) is 342 cm³/mol. The molecule has 1 aromatic heterocycles. The van der Waals surface area contributed by atoms with Crippen molar-refractivity contribution in [1.29, 1.82) is 0 Å². The number of alkyl halides is 1. The standard InChI is InChI=1S/C63H76ClN7O26S/c1-7-91-42-18-31-16-38(68-37(31)20-43(42)93-61-53(79)49(75)51(77)55(95-61)59(84)85)57(81)71-23-32(22-64)47-36-19-34(88-6)9-10-35(36)41(21-39(47)71)96-98(86,87)97-44-17-30(8-11-40(44)92-60-52(78)48(74)50(76)54(94-60)58(82)83)56(80)67-26-62(2,3)28-90-29-63(4,5)27-69(66)24-33(65)25-89-15-14-70-45(72)12-13-46(70)73/h8-13,16-21,24,32,48-55,60-61,68,74-79H,7,14-15,22-23,25-29,65-66H2,1-6H3,(H,67,80)(H,82,83)(H,84,85)/b33-24-/t32-,48+,49+,50+,51+,52-,53-,54+,55+,60-,61?/m1/s1. The number of imide groups is 1. The lowest BCUT2D eigenvalue weighted by molar-refractivity contribution is -0.271. The number of anilines is 1. The van der Waals surface area contributed by atoms with E-state index >= 15 is 0 Å². The molecule has 14 N–H and O–H groups in total. The van der Waals surface area contributed by atoms with Crippen LogP contribution >= 0.6 is 11.6 Å². The normalized spacial score (nSPS) is 23.6. The number of methoxy groups -OCH3 is 1. The second-order valence-electron chi connectivity index (χ2n) is 25.0. The number of ether oxygens (including phenoxy) is 8. The van der Waals surface area contributed by atoms with E-state index < -0.39 is 141 Å². The van der Waals surface area contributed by atoms with Gasteiger partial charge in [0, 0.05) is 94.6 Å². The van der Waals surface area contributed by atoms with Gasteiger partial charge in [-0.05, 0) is 66.4 Å². The molecule has 0 bridgehead atoms. The average Bonchev–Trinajstić information content (AvgIpc) is 1.55. The van der Waals surface area contributed by atoms with Crippen molar-refractivity contribution in [2.24, 2.45) is 22.4 Å². The SMILES string of the molecule is CCOc1cc2cc(C(=O)N3C[C@@H](CCl)c4c3cc(OS(=O)(=O)Oc3cc(C(=O)NCC(C)(C)COCC(C)(C)CN(N)/C=C(\N)COCCN5C(=O)C=CC5=O)ccc3O[C@@H]3O[C@H](C(=O)O)[C@@H](O)[C@H](O)[C@H]3O)c3ccc(OC)cc43)[nH]c2cc1OC1O[C@H](C(=O)O)[C@@H](O)[C@H](O)[C@H]1O. The molecule has 5 aromatic rings. The van der Waals surface area contributed by atoms with Crippen molar-refractivity contribution in [2.75, 3.05) is 77.1 Å². The Balaban J connectivity index is 0.943. The minimum atomic E-state index is -5.46. The number of carbonyl (C=O) groups excluding carboxylic acids is 4. The van der Waals surface area contributed by atoms with Gasteiger partial charge in [0.1, 0.15) is 48.1 Å². The van der Waals surface area contributed by atoms with E-state index in [1.165, 1.54) is 77.8 Å². The van der Waals surface area contributed by atoms with E-state index in [0.717, 1.165) is 17.0 Å². The van der Waals surface area contributed by atoms with E-state index in [1.54, 1.807) is 26.8 Å². The smallest absolute Gasteiger partial charge is 0.497 e. The Morgan fingerprint density at radius 2 is 1.39 bits per heavy atom. The Kier molecular flexibility index (Phi) is 22.7. The summed E-state index contributed by atoms with van der Waals surface area (Å²) in [5.41, 5.74) is 5.63. The summed E-state index contributed by atoms with van der Waals surface area (Å²) in [6.07, 6.45) is -16.6. The highest BCUT2D eigenvalue weighted by atomic mass is 35.5. The molecule has 9 rings (SSSR count). The van der Waals surface area contributed by atoms with Crippen LogP contribution in [0.5, 0.6) is 34.5 Å². The molecule has 4 aliphatic rings. The Labute approximate surface area is 564 Å². The number of aliphatic hydroxyl groups excluding tert-OH is 6. The zero-order valence-corrected chi connectivity index (χ0v) is 55.2. The van der Waals surface area contributed by atoms with Crippen LogP contribution in [0.3, 0.4) is 0 Å². The maximum atomic E-state index is 14.9. The van der Waals surface area contributed by atoms with Crippen LogP contribution in [0.25, 0.3) is 21.7 Å². The number of carboxylic acids is 2. The first-order valence-corrected chi connectivity index (χ1v) is 32.3. The number of hydrogen-bond donors (Lipinski definition) is 12. The molecule has 5 heterocycles. The Bertz CT molecular complexity index is 4000. The van der Waals surface area contributed by atoms with Crippen molar-refractivity contribution < 1.29 is 124 Å². The molecular weight excluding hydrogens is 1340 g/mol. The highest BCUT2D eigenvalue weighted by molar-refractivity contribution is 7.82. The van der Waals surface area contributed by atoms with Crippen LogP contribution in [0.1, 0.15) is 66.9 Å². The van der Waals surface area contributed by atoms with Gasteiger partial charge in [-0.3, -0.25) is 24.1 Å². The summed E-state index contributed by atoms with van der Waals surface area (Å²) in [5.74, 6) is -1.75. The van der Waals surface area contributed by atoms with Gasteiger partial charge in [-0.25, -0.2) is 15.4 Å². The van der Waals surface area contributed by atoms with E-state index in [0.29, 0.717) is 22.1 Å². The molecule has 98 heavy (non-hydrogen) atoms. The zero-order valence-electron chi connectivity index (χ0n) is 53.6. The molecule has 11 atom stereocenters. The average molecular weight is 1410 g/mol. The number of halogens is 1. The van der Waals surface area contributed by atoms with Gasteiger partial charge in [0.05, 0.1) is 58.1 Å². The number of amides is 4. The molecule has 33 nitrogen and oxygen atoms in total. The third kappa shape index (κ3) is 16.7. The highest BCUT2D eigenvalue weighted by Crippen LogP contribution is 2.48. The van der Waals surface area contributed by atoms with Crippen molar-refractivity contribution in [2.45, 2.75) is 102 Å². The minimum Gasteiger partial charge on any atom is -0.497 e. The number of carboxylic acid groups (broad SMARTS) is 2. The van der Waals surface area contributed by atoms with Crippen LogP contribution in [0.4, 0.5) is 5.69 Å². The maximum absolute atomic E-state index is 14.9. The van der Waals surface area contributed by atoms with Gasteiger partial charge in [-0.2, -0.15) is 0 Å². The van der Waals surface area contributed by atoms with Crippen LogP contribution < -0.4 is 49.1 Å². The van der Waals surface area contributed by atoms with Gasteiger partial charge in [0.15, 0.2) is 41.0 Å². The number of nitrogens with one attached hydrogen (secondary N) is 2. The lowest BCUT2D eigenvalue weighted by Crippen LogP contribution is -2.61. The molecule has 0 saturated carbocycles. The number of fused-ring (bicyclic) bond motifs is 4. The summed E-state index contributed by atoms with van der Waals surface area (Å²) in [7, 11) is -4.07. The third-order valence-electron chi connectivity index (χ3n) is 16.1. The lowest BCUT2D eigenvalue weighted by atomic mass is 9.92. The fourth-order valence-electron chi connectivity index (χ4n) is 11.2. The summed E-state index contributed by atoms with van der Waals surface area (Å²) in [4.78, 5) is 81.8. The van der Waals surface area contributed by atoms with Gasteiger partial charge < -0.3 is 113 Å². The van der Waals surface area contributed by atoms with Crippen LogP contribution in [0.15, 0.2) is 84.7 Å². The first kappa shape index (κ1) is 73.6. The number of aliphatic hydroxyl groups is 6. The van der Waals surface area contributed by atoms with Gasteiger partial charge in [0.25, 0.3) is 23.6 Å². The number of H-pyrrole nitrogens is 1. The Hall–Kier alpha value is -8.62. The summed E-state index contributed by atoms with van der Waals surface area (Å²) >= 11 is 6.63. The summed E-state index contributed by atoms with van der Waals surface area (Å²) in [6.45, 7) is 9.66. The summed E-state index contributed by atoms with van der Waals surface area (Å²) in [6, 6.07) is 13.3. The van der Waals surface area contributed by atoms with Crippen LogP contribution in [0.2, 0.25) is 0 Å². The molecule has 0 aliphatic carbocycles. The topological polar surface area (TPSA) is 480 Å². The molecule has 4 amide bonds. The fraction of sp³-hybridized carbons (Fsp3) is 0.460.